The summed E-state index contributed by atoms with van der Waals surface area (Å²) in [6.07, 6.45) is 2.52. The number of hydrogen-bond donors (Lipinski definition) is 1. The summed E-state index contributed by atoms with van der Waals surface area (Å²) < 4.78 is 22.8. The maximum Gasteiger partial charge on any atom is 0.329 e. The first-order chi connectivity index (χ1) is 19.5. The van der Waals surface area contributed by atoms with E-state index in [1.54, 1.807) is 6.92 Å². The molecule has 5 rings (SSSR count). The van der Waals surface area contributed by atoms with Gasteiger partial charge in [-0.15, -0.1) is 5.10 Å². The lowest BCUT2D eigenvalue weighted by atomic mass is 10.1. The van der Waals surface area contributed by atoms with E-state index in [2.05, 4.69) is 35.8 Å². The molecule has 1 aliphatic heterocycles. The number of aromatic nitrogens is 8. The highest BCUT2D eigenvalue weighted by atomic mass is 35.5. The molecular weight excluding hydrogens is 584 g/mol. The van der Waals surface area contributed by atoms with Gasteiger partial charge in [0.1, 0.15) is 23.9 Å². The van der Waals surface area contributed by atoms with Crippen LogP contribution in [0.25, 0.3) is 16.9 Å². The molecule has 0 spiro atoms. The molecule has 4 heterocycles. The number of tetrazole rings is 1. The van der Waals surface area contributed by atoms with Crippen molar-refractivity contribution in [3.63, 3.8) is 0 Å². The van der Waals surface area contributed by atoms with Crippen LogP contribution in [0, 0.1) is 5.82 Å². The van der Waals surface area contributed by atoms with E-state index in [4.69, 9.17) is 27.9 Å². The number of esters is 1. The van der Waals surface area contributed by atoms with Crippen molar-refractivity contribution in [1.82, 2.24) is 39.7 Å². The largest absolute Gasteiger partial charge is 0.456 e. The Kier molecular flexibility index (Phi) is 7.55. The highest BCUT2D eigenvalue weighted by molar-refractivity contribution is 6.32. The van der Waals surface area contributed by atoms with Crippen LogP contribution in [-0.2, 0) is 14.3 Å². The second-order valence-electron chi connectivity index (χ2n) is 8.98. The van der Waals surface area contributed by atoms with Crippen LogP contribution in [0.5, 0.6) is 0 Å². The fourth-order valence-corrected chi connectivity index (χ4v) is 4.79. The molecule has 1 unspecified atom stereocenters. The molecule has 0 fully saturated rings. The number of Topliss-reactive ketones (excluding diaryl/α,β-unsaturated/α-hetero) is 1. The normalized spacial score (nSPS) is 15.8. The van der Waals surface area contributed by atoms with Crippen molar-refractivity contribution in [1.29, 1.82) is 0 Å². The third-order valence-electron chi connectivity index (χ3n) is 6.15. The van der Waals surface area contributed by atoms with E-state index in [0.29, 0.717) is 0 Å². The first kappa shape index (κ1) is 27.9. The molecule has 17 heteroatoms. The van der Waals surface area contributed by atoms with Crippen molar-refractivity contribution >= 4 is 46.7 Å². The Morgan fingerprint density at radius 1 is 1.22 bits per heavy atom. The molecule has 0 saturated carbocycles. The molecule has 1 amide bonds. The van der Waals surface area contributed by atoms with E-state index in [1.165, 1.54) is 30.1 Å². The lowest BCUT2D eigenvalue weighted by molar-refractivity contribution is -0.146. The van der Waals surface area contributed by atoms with E-state index >= 15 is 4.39 Å². The highest BCUT2D eigenvalue weighted by Gasteiger charge is 2.37. The Morgan fingerprint density at radius 2 is 2.00 bits per heavy atom. The van der Waals surface area contributed by atoms with Crippen molar-refractivity contribution in [3.8, 4) is 16.9 Å². The third kappa shape index (κ3) is 5.40. The minimum Gasteiger partial charge on any atom is -0.456 e. The molecule has 3 aromatic heterocycles. The summed E-state index contributed by atoms with van der Waals surface area (Å²) in [4.78, 5) is 62.2. The van der Waals surface area contributed by atoms with Gasteiger partial charge in [-0.3, -0.25) is 19.0 Å². The zero-order valence-electron chi connectivity index (χ0n) is 21.2. The standard InChI is InChI=1S/C24H18Cl2FN9O5/c1-10-5-15(24(40)41-8-16(38)21-22(26)32-17(7-28-21)30-11(2)37)36-18(39)6-13(31-23(10)36)19-14(35-9-29-33-34-35)4-3-12(25)20(19)27/h3-4,6-7,9-10,15H,5,8H2,1-2H3,(H,30,32,37)/t10-,15?/m1/s1. The van der Waals surface area contributed by atoms with Crippen LogP contribution in [0.4, 0.5) is 10.2 Å². The van der Waals surface area contributed by atoms with E-state index in [9.17, 15) is 19.2 Å². The molecule has 0 bridgehead atoms. The number of carbonyl (C=O) groups is 3. The SMILES string of the molecule is CC(=O)Nc1cnc(C(=O)COC(=O)C2C[C@@H](C)c3nc(-c4c(-n5cnnn5)ccc(Cl)c4F)cc(=O)n32)c(Cl)n1. The molecule has 0 saturated heterocycles. The molecule has 4 aromatic rings. The van der Waals surface area contributed by atoms with Gasteiger partial charge in [0.25, 0.3) is 5.56 Å². The Bertz CT molecular complexity index is 1760. The van der Waals surface area contributed by atoms with Crippen LogP contribution in [0.3, 0.4) is 0 Å². The Morgan fingerprint density at radius 3 is 2.68 bits per heavy atom. The van der Waals surface area contributed by atoms with Gasteiger partial charge in [-0.05, 0) is 29.0 Å². The van der Waals surface area contributed by atoms with Crippen molar-refractivity contribution in [3.05, 3.63) is 68.6 Å². The summed E-state index contributed by atoms with van der Waals surface area (Å²) in [7, 11) is 0. The lowest BCUT2D eigenvalue weighted by Gasteiger charge is -2.15. The first-order valence-electron chi connectivity index (χ1n) is 11.9. The molecule has 1 N–H and O–H groups in total. The number of hydrogen-bond acceptors (Lipinski definition) is 11. The number of rotatable bonds is 7. The maximum atomic E-state index is 15.2. The molecular formula is C24H18Cl2FN9O5. The van der Waals surface area contributed by atoms with Crippen LogP contribution in [0.2, 0.25) is 10.2 Å². The number of fused-ring (bicyclic) bond motifs is 1. The van der Waals surface area contributed by atoms with Gasteiger partial charge in [-0.25, -0.2) is 24.1 Å². The summed E-state index contributed by atoms with van der Waals surface area (Å²) in [6, 6.07) is 2.79. The molecule has 1 aromatic carbocycles. The number of nitrogens with one attached hydrogen (secondary N) is 1. The molecule has 1 aliphatic rings. The van der Waals surface area contributed by atoms with Crippen LogP contribution in [-0.4, -0.2) is 64.0 Å². The zero-order chi connectivity index (χ0) is 29.4. The number of ketones is 1. The summed E-state index contributed by atoms with van der Waals surface area (Å²) in [5, 5.41) is 12.8. The zero-order valence-corrected chi connectivity index (χ0v) is 22.7. The Balaban J connectivity index is 1.40. The first-order valence-corrected chi connectivity index (χ1v) is 12.7. The van der Waals surface area contributed by atoms with Crippen molar-refractivity contribution in [2.45, 2.75) is 32.2 Å². The fraction of sp³-hybridized carbons (Fsp3) is 0.250. The van der Waals surface area contributed by atoms with Gasteiger partial charge in [0.2, 0.25) is 11.7 Å². The average molecular weight is 602 g/mol. The van der Waals surface area contributed by atoms with E-state index in [-0.39, 0.29) is 50.9 Å². The molecule has 0 aliphatic carbocycles. The molecule has 41 heavy (non-hydrogen) atoms. The van der Waals surface area contributed by atoms with Crippen LogP contribution in [0.1, 0.15) is 48.5 Å². The Hall–Kier alpha value is -4.63. The lowest BCUT2D eigenvalue weighted by Crippen LogP contribution is -2.30. The number of halogens is 3. The minimum absolute atomic E-state index is 0.0290. The molecule has 2 atom stereocenters. The summed E-state index contributed by atoms with van der Waals surface area (Å²) in [5.41, 5.74) is -0.845. The fourth-order valence-electron chi connectivity index (χ4n) is 4.39. The number of anilines is 1. The summed E-state index contributed by atoms with van der Waals surface area (Å²) in [5.74, 6) is -2.99. The monoisotopic (exact) mass is 601 g/mol. The third-order valence-corrected chi connectivity index (χ3v) is 6.70. The number of amides is 1. The van der Waals surface area contributed by atoms with Gasteiger partial charge in [0, 0.05) is 18.9 Å². The molecule has 14 nitrogen and oxygen atoms in total. The van der Waals surface area contributed by atoms with Crippen LogP contribution in [0.15, 0.2) is 35.5 Å². The quantitative estimate of drug-likeness (QED) is 0.243. The van der Waals surface area contributed by atoms with Gasteiger partial charge < -0.3 is 10.1 Å². The minimum atomic E-state index is -1.09. The maximum absolute atomic E-state index is 15.2. The van der Waals surface area contributed by atoms with Gasteiger partial charge in [-0.2, -0.15) is 4.68 Å². The van der Waals surface area contributed by atoms with E-state index in [1.807, 2.05) is 0 Å². The van der Waals surface area contributed by atoms with Gasteiger partial charge >= 0.3 is 5.97 Å². The molecule has 0 radical (unpaired) electrons. The van der Waals surface area contributed by atoms with Crippen molar-refractivity contribution < 1.29 is 23.5 Å². The van der Waals surface area contributed by atoms with Crippen molar-refractivity contribution in [2.75, 3.05) is 11.9 Å². The smallest absolute Gasteiger partial charge is 0.329 e. The summed E-state index contributed by atoms with van der Waals surface area (Å²) >= 11 is 12.0. The Labute approximate surface area is 239 Å². The van der Waals surface area contributed by atoms with Crippen LogP contribution < -0.4 is 10.9 Å². The van der Waals surface area contributed by atoms with Gasteiger partial charge in [-0.1, -0.05) is 30.1 Å². The van der Waals surface area contributed by atoms with Crippen LogP contribution >= 0.6 is 23.2 Å². The van der Waals surface area contributed by atoms with Gasteiger partial charge in [0.15, 0.2) is 23.4 Å². The highest BCUT2D eigenvalue weighted by Crippen LogP contribution is 2.37. The van der Waals surface area contributed by atoms with E-state index < -0.39 is 47.6 Å². The number of ether oxygens (including phenoxy) is 1. The second-order valence-corrected chi connectivity index (χ2v) is 9.74. The molecule has 210 valence electrons. The second kappa shape index (κ2) is 11.1. The van der Waals surface area contributed by atoms with E-state index in [0.717, 1.165) is 16.8 Å². The summed E-state index contributed by atoms with van der Waals surface area (Å²) in [6.45, 7) is 2.28. The predicted molar refractivity (Wildman–Crippen MR) is 140 cm³/mol. The number of carbonyl (C=O) groups excluding carboxylic acids is 3. The average Bonchev–Trinajstić information content (AvgIpc) is 3.57. The van der Waals surface area contributed by atoms with Crippen molar-refractivity contribution in [2.24, 2.45) is 0 Å². The van der Waals surface area contributed by atoms with Gasteiger partial charge in [0.05, 0.1) is 28.2 Å². The number of nitrogens with zero attached hydrogens (tertiary/aromatic N) is 8. The number of benzene rings is 1. The predicted octanol–water partition coefficient (Wildman–Crippen LogP) is 2.55. The topological polar surface area (TPSA) is 177 Å².